The molecule has 0 saturated heterocycles. The monoisotopic (exact) mass is 308 g/mol. The van der Waals surface area contributed by atoms with Crippen molar-refractivity contribution in [1.29, 1.82) is 0 Å². The second kappa shape index (κ2) is 6.82. The number of nitrogens with two attached hydrogens (primary N) is 1. The Morgan fingerprint density at radius 1 is 1.23 bits per heavy atom. The molecule has 0 bridgehead atoms. The molecule has 5 heteroatoms. The Kier molecular flexibility index (Phi) is 5.27. The quantitative estimate of drug-likeness (QED) is 0.870. The zero-order chi connectivity index (χ0) is 16.3. The second-order valence-corrected chi connectivity index (χ2v) is 7.22. The number of hydrogen-bond donors (Lipinski definition) is 1. The standard InChI is InChI=1S/C17H28N2O3/c1-17(2,3)22-16(21)19-10-9-13(15(19)14(20)11-18)12-7-5-4-6-8-12/h12H,4-11,18H2,1-3H3. The topological polar surface area (TPSA) is 72.6 Å². The number of amides is 1. The van der Waals surface area contributed by atoms with Crippen LogP contribution >= 0.6 is 0 Å². The van der Waals surface area contributed by atoms with E-state index in [0.717, 1.165) is 24.8 Å². The van der Waals surface area contributed by atoms with E-state index in [2.05, 4.69) is 0 Å². The summed E-state index contributed by atoms with van der Waals surface area (Å²) >= 11 is 0. The van der Waals surface area contributed by atoms with Gasteiger partial charge in [-0.05, 0) is 51.5 Å². The first kappa shape index (κ1) is 17.0. The molecule has 2 rings (SSSR count). The summed E-state index contributed by atoms with van der Waals surface area (Å²) in [4.78, 5) is 26.2. The molecule has 2 N–H and O–H groups in total. The molecule has 0 radical (unpaired) electrons. The van der Waals surface area contributed by atoms with E-state index in [1.807, 2.05) is 20.8 Å². The van der Waals surface area contributed by atoms with E-state index in [1.165, 1.54) is 24.2 Å². The van der Waals surface area contributed by atoms with Crippen molar-refractivity contribution in [1.82, 2.24) is 4.90 Å². The molecule has 1 amide bonds. The lowest BCUT2D eigenvalue weighted by atomic mass is 9.82. The minimum Gasteiger partial charge on any atom is -0.443 e. The van der Waals surface area contributed by atoms with Gasteiger partial charge in [-0.3, -0.25) is 9.69 Å². The summed E-state index contributed by atoms with van der Waals surface area (Å²) in [6.07, 6.45) is 6.22. The number of carbonyl (C=O) groups excluding carboxylic acids is 2. The highest BCUT2D eigenvalue weighted by atomic mass is 16.6. The summed E-state index contributed by atoms with van der Waals surface area (Å²) < 4.78 is 5.44. The molecule has 1 fully saturated rings. The molecule has 1 aliphatic heterocycles. The Bertz CT molecular complexity index is 471. The third-order valence-corrected chi connectivity index (χ3v) is 4.34. The first-order valence-electron chi connectivity index (χ1n) is 8.30. The van der Waals surface area contributed by atoms with Gasteiger partial charge in [0.2, 0.25) is 0 Å². The minimum atomic E-state index is -0.568. The Morgan fingerprint density at radius 3 is 2.41 bits per heavy atom. The van der Waals surface area contributed by atoms with Crippen LogP contribution in [-0.4, -0.2) is 35.5 Å². The molecular formula is C17H28N2O3. The van der Waals surface area contributed by atoms with Crippen molar-refractivity contribution in [3.63, 3.8) is 0 Å². The normalized spacial score (nSPS) is 20.5. The maximum absolute atomic E-state index is 12.4. The fourth-order valence-corrected chi connectivity index (χ4v) is 3.41. The summed E-state index contributed by atoms with van der Waals surface area (Å²) in [6, 6.07) is 0. The van der Waals surface area contributed by atoms with Crippen LogP contribution in [0.5, 0.6) is 0 Å². The maximum atomic E-state index is 12.4. The third kappa shape index (κ3) is 3.88. The summed E-state index contributed by atoms with van der Waals surface area (Å²) in [7, 11) is 0. The first-order chi connectivity index (χ1) is 10.3. The maximum Gasteiger partial charge on any atom is 0.414 e. The Hall–Kier alpha value is -1.36. The molecule has 22 heavy (non-hydrogen) atoms. The SMILES string of the molecule is CC(C)(C)OC(=O)N1CCC(C2CCCCC2)=C1C(=O)CN. The molecule has 0 spiro atoms. The van der Waals surface area contributed by atoms with Crippen molar-refractivity contribution in [3.8, 4) is 0 Å². The number of nitrogens with zero attached hydrogens (tertiary/aromatic N) is 1. The number of Topliss-reactive ketones (excluding diaryl/α,β-unsaturated/α-hetero) is 1. The smallest absolute Gasteiger partial charge is 0.414 e. The number of ketones is 1. The van der Waals surface area contributed by atoms with E-state index < -0.39 is 11.7 Å². The average molecular weight is 308 g/mol. The Balaban J connectivity index is 2.25. The zero-order valence-corrected chi connectivity index (χ0v) is 14.0. The predicted octanol–water partition coefficient (Wildman–Crippen LogP) is 2.99. The Morgan fingerprint density at radius 2 is 1.86 bits per heavy atom. The van der Waals surface area contributed by atoms with Crippen LogP contribution in [0.2, 0.25) is 0 Å². The number of carbonyl (C=O) groups is 2. The zero-order valence-electron chi connectivity index (χ0n) is 14.0. The lowest BCUT2D eigenvalue weighted by Gasteiger charge is -2.27. The molecule has 0 aromatic heterocycles. The summed E-state index contributed by atoms with van der Waals surface area (Å²) in [5.41, 5.74) is 6.65. The lowest BCUT2D eigenvalue weighted by molar-refractivity contribution is -0.115. The number of hydrogen-bond acceptors (Lipinski definition) is 4. The van der Waals surface area contributed by atoms with Gasteiger partial charge in [-0.1, -0.05) is 19.3 Å². The molecule has 0 atom stereocenters. The third-order valence-electron chi connectivity index (χ3n) is 4.34. The molecular weight excluding hydrogens is 280 g/mol. The van der Waals surface area contributed by atoms with E-state index in [0.29, 0.717) is 18.2 Å². The van der Waals surface area contributed by atoms with Crippen molar-refractivity contribution < 1.29 is 14.3 Å². The van der Waals surface area contributed by atoms with Crippen LogP contribution in [0.3, 0.4) is 0 Å². The van der Waals surface area contributed by atoms with E-state index in [9.17, 15) is 9.59 Å². The molecule has 1 saturated carbocycles. The fraction of sp³-hybridized carbons (Fsp3) is 0.765. The summed E-state index contributed by atoms with van der Waals surface area (Å²) in [5.74, 6) is 0.274. The molecule has 0 unspecified atom stereocenters. The summed E-state index contributed by atoms with van der Waals surface area (Å²) in [6.45, 7) is 5.96. The van der Waals surface area contributed by atoms with Crippen LogP contribution in [0.15, 0.2) is 11.3 Å². The van der Waals surface area contributed by atoms with Gasteiger partial charge in [-0.2, -0.15) is 0 Å². The van der Waals surface area contributed by atoms with E-state index in [-0.39, 0.29) is 12.3 Å². The van der Waals surface area contributed by atoms with Crippen molar-refractivity contribution in [3.05, 3.63) is 11.3 Å². The van der Waals surface area contributed by atoms with E-state index in [1.54, 1.807) is 0 Å². The molecule has 124 valence electrons. The van der Waals surface area contributed by atoms with E-state index >= 15 is 0 Å². The minimum absolute atomic E-state index is 0.0646. The van der Waals surface area contributed by atoms with Gasteiger partial charge in [-0.25, -0.2) is 4.79 Å². The molecule has 0 aromatic rings. The van der Waals surface area contributed by atoms with Crippen molar-refractivity contribution in [2.75, 3.05) is 13.1 Å². The van der Waals surface area contributed by atoms with Gasteiger partial charge >= 0.3 is 6.09 Å². The highest BCUT2D eigenvalue weighted by Crippen LogP contribution is 2.38. The highest BCUT2D eigenvalue weighted by Gasteiger charge is 2.36. The molecule has 1 heterocycles. The van der Waals surface area contributed by atoms with Crippen LogP contribution in [0.25, 0.3) is 0 Å². The number of ether oxygens (including phenoxy) is 1. The first-order valence-corrected chi connectivity index (χ1v) is 8.30. The Labute approximate surface area is 132 Å². The molecule has 0 aromatic carbocycles. The van der Waals surface area contributed by atoms with Crippen LogP contribution < -0.4 is 5.73 Å². The summed E-state index contributed by atoms with van der Waals surface area (Å²) in [5, 5.41) is 0. The van der Waals surface area contributed by atoms with Crippen molar-refractivity contribution in [2.24, 2.45) is 11.7 Å². The van der Waals surface area contributed by atoms with Gasteiger partial charge < -0.3 is 10.5 Å². The van der Waals surface area contributed by atoms with Gasteiger partial charge in [0, 0.05) is 6.54 Å². The van der Waals surface area contributed by atoms with Crippen molar-refractivity contribution in [2.45, 2.75) is 64.9 Å². The van der Waals surface area contributed by atoms with Crippen LogP contribution in [0.1, 0.15) is 59.3 Å². The van der Waals surface area contributed by atoms with E-state index in [4.69, 9.17) is 10.5 Å². The fourth-order valence-electron chi connectivity index (χ4n) is 3.41. The molecule has 2 aliphatic rings. The van der Waals surface area contributed by atoms with Crippen LogP contribution in [0.4, 0.5) is 4.79 Å². The van der Waals surface area contributed by atoms with Crippen LogP contribution in [0, 0.1) is 5.92 Å². The van der Waals surface area contributed by atoms with Gasteiger partial charge in [0.1, 0.15) is 5.60 Å². The molecule has 5 nitrogen and oxygen atoms in total. The second-order valence-electron chi connectivity index (χ2n) is 7.22. The van der Waals surface area contributed by atoms with Crippen LogP contribution in [-0.2, 0) is 9.53 Å². The number of rotatable bonds is 3. The largest absolute Gasteiger partial charge is 0.443 e. The average Bonchev–Trinajstić information content (AvgIpc) is 2.90. The van der Waals surface area contributed by atoms with Gasteiger partial charge in [0.15, 0.2) is 5.78 Å². The lowest BCUT2D eigenvalue weighted by Crippen LogP contribution is -2.38. The van der Waals surface area contributed by atoms with Gasteiger partial charge in [0.05, 0.1) is 12.2 Å². The van der Waals surface area contributed by atoms with Crippen molar-refractivity contribution >= 4 is 11.9 Å². The molecule has 1 aliphatic carbocycles. The predicted molar refractivity (Wildman–Crippen MR) is 85.2 cm³/mol. The van der Waals surface area contributed by atoms with Gasteiger partial charge in [0.25, 0.3) is 0 Å². The highest BCUT2D eigenvalue weighted by molar-refractivity contribution is 6.00. The van der Waals surface area contributed by atoms with Gasteiger partial charge in [-0.15, -0.1) is 0 Å².